The Morgan fingerprint density at radius 2 is 1.85 bits per heavy atom. The Bertz CT molecular complexity index is 867. The molecule has 1 aromatic heterocycles. The van der Waals surface area contributed by atoms with Gasteiger partial charge in [0, 0.05) is 32.3 Å². The van der Waals surface area contributed by atoms with Gasteiger partial charge in [-0.05, 0) is 30.3 Å². The molecular weight excluding hydrogens is 270 g/mol. The number of benzene rings is 2. The van der Waals surface area contributed by atoms with Crippen LogP contribution in [0.25, 0.3) is 20.2 Å². The van der Waals surface area contributed by atoms with Gasteiger partial charge in [0.25, 0.3) is 0 Å². The molecule has 3 aromatic rings. The number of anilines is 1. The summed E-state index contributed by atoms with van der Waals surface area (Å²) in [5, 5.41) is 4.17. The molecule has 0 aliphatic carbocycles. The highest BCUT2D eigenvalue weighted by Crippen LogP contribution is 2.26. The number of nitrogens with one attached hydrogen (secondary N) is 1. The smallest absolute Gasteiger partial charge is 0.224 e. The van der Waals surface area contributed by atoms with Gasteiger partial charge in [-0.25, -0.2) is 0 Å². The number of carbonyl (C=O) groups is 1. The van der Waals surface area contributed by atoms with E-state index in [0.29, 0.717) is 17.5 Å². The number of hydrogen-bond acceptors (Lipinski definition) is 3. The first kappa shape index (κ1) is 12.8. The summed E-state index contributed by atoms with van der Waals surface area (Å²) in [6.07, 6.45) is 0.419. The largest absolute Gasteiger partial charge is 0.326 e. The molecule has 0 spiro atoms. The lowest BCUT2D eigenvalue weighted by atomic mass is 10.1. The standard InChI is InChI=1S/C16H13NO2S/c1-2-15(18)17-10-7-8-14-12(9-10)16(19)11-5-3-4-6-13(11)20-14/h3-9H,2H2,1H3,(H,17,18). The van der Waals surface area contributed by atoms with Gasteiger partial charge in [0.1, 0.15) is 0 Å². The second-order valence-corrected chi connectivity index (χ2v) is 5.62. The number of fused-ring (bicyclic) bond motifs is 2. The first-order valence-corrected chi connectivity index (χ1v) is 7.26. The summed E-state index contributed by atoms with van der Waals surface area (Å²) in [4.78, 5) is 23.9. The van der Waals surface area contributed by atoms with Crippen LogP contribution in [0.3, 0.4) is 0 Å². The molecule has 0 atom stereocenters. The molecule has 0 bridgehead atoms. The van der Waals surface area contributed by atoms with Gasteiger partial charge in [-0.3, -0.25) is 9.59 Å². The maximum absolute atomic E-state index is 12.5. The van der Waals surface area contributed by atoms with E-state index in [1.54, 1.807) is 24.3 Å². The van der Waals surface area contributed by atoms with Crippen LogP contribution < -0.4 is 10.7 Å². The average Bonchev–Trinajstić information content (AvgIpc) is 2.48. The molecule has 4 heteroatoms. The van der Waals surface area contributed by atoms with Crippen LogP contribution in [0.1, 0.15) is 13.3 Å². The summed E-state index contributed by atoms with van der Waals surface area (Å²) in [5.41, 5.74) is 0.686. The van der Waals surface area contributed by atoms with Crippen molar-refractivity contribution in [3.05, 3.63) is 52.7 Å². The summed E-state index contributed by atoms with van der Waals surface area (Å²) in [5.74, 6) is -0.0544. The Labute approximate surface area is 119 Å². The predicted octanol–water partition coefficient (Wildman–Crippen LogP) is 3.76. The Balaban J connectivity index is 2.23. The number of amides is 1. The molecule has 0 aliphatic heterocycles. The SMILES string of the molecule is CCC(=O)Nc1ccc2sc3ccccc3c(=O)c2c1. The molecule has 0 radical (unpaired) electrons. The van der Waals surface area contributed by atoms with Crippen molar-refractivity contribution in [1.29, 1.82) is 0 Å². The molecule has 0 aliphatic rings. The number of hydrogen-bond donors (Lipinski definition) is 1. The quantitative estimate of drug-likeness (QED) is 0.728. The predicted molar refractivity (Wildman–Crippen MR) is 84.5 cm³/mol. The van der Waals surface area contributed by atoms with E-state index in [9.17, 15) is 9.59 Å². The van der Waals surface area contributed by atoms with Gasteiger partial charge >= 0.3 is 0 Å². The van der Waals surface area contributed by atoms with Crippen molar-refractivity contribution in [2.24, 2.45) is 0 Å². The Hall–Kier alpha value is -2.20. The van der Waals surface area contributed by atoms with E-state index < -0.39 is 0 Å². The van der Waals surface area contributed by atoms with E-state index in [0.717, 1.165) is 14.8 Å². The van der Waals surface area contributed by atoms with Gasteiger partial charge in [0.05, 0.1) is 0 Å². The van der Waals surface area contributed by atoms with Crippen LogP contribution >= 0.6 is 11.3 Å². The van der Waals surface area contributed by atoms with Gasteiger partial charge in [0.2, 0.25) is 5.91 Å². The molecule has 20 heavy (non-hydrogen) atoms. The number of rotatable bonds is 2. The Kier molecular flexibility index (Phi) is 3.24. The van der Waals surface area contributed by atoms with E-state index in [1.165, 1.54) is 0 Å². The number of carbonyl (C=O) groups excluding carboxylic acids is 1. The lowest BCUT2D eigenvalue weighted by Crippen LogP contribution is -2.10. The Morgan fingerprint density at radius 3 is 2.65 bits per heavy atom. The van der Waals surface area contributed by atoms with E-state index in [4.69, 9.17) is 0 Å². The van der Waals surface area contributed by atoms with Crippen molar-refractivity contribution < 1.29 is 4.79 Å². The summed E-state index contributed by atoms with van der Waals surface area (Å²) < 4.78 is 1.92. The third-order valence-corrected chi connectivity index (χ3v) is 4.33. The van der Waals surface area contributed by atoms with Crippen molar-refractivity contribution >= 4 is 43.1 Å². The van der Waals surface area contributed by atoms with E-state index in [2.05, 4.69) is 5.32 Å². The monoisotopic (exact) mass is 283 g/mol. The van der Waals surface area contributed by atoms with Crippen molar-refractivity contribution in [3.8, 4) is 0 Å². The van der Waals surface area contributed by atoms with E-state index in [1.807, 2.05) is 36.4 Å². The maximum Gasteiger partial charge on any atom is 0.224 e. The molecule has 0 fully saturated rings. The molecule has 2 aromatic carbocycles. The van der Waals surface area contributed by atoms with Crippen LogP contribution in [0.15, 0.2) is 47.3 Å². The molecule has 3 nitrogen and oxygen atoms in total. The highest BCUT2D eigenvalue weighted by atomic mass is 32.1. The third kappa shape index (κ3) is 2.18. The van der Waals surface area contributed by atoms with E-state index >= 15 is 0 Å². The first-order chi connectivity index (χ1) is 9.69. The highest BCUT2D eigenvalue weighted by molar-refractivity contribution is 7.24. The fourth-order valence-electron chi connectivity index (χ4n) is 2.13. The van der Waals surface area contributed by atoms with Crippen LogP contribution in [-0.4, -0.2) is 5.91 Å². The van der Waals surface area contributed by atoms with E-state index in [-0.39, 0.29) is 11.3 Å². The second kappa shape index (κ2) is 5.06. The van der Waals surface area contributed by atoms with Crippen LogP contribution in [0.4, 0.5) is 5.69 Å². The second-order valence-electron chi connectivity index (χ2n) is 4.54. The van der Waals surface area contributed by atoms with Gasteiger partial charge in [-0.15, -0.1) is 11.3 Å². The van der Waals surface area contributed by atoms with Crippen LogP contribution in [0, 0.1) is 0 Å². The zero-order valence-electron chi connectivity index (χ0n) is 11.0. The zero-order chi connectivity index (χ0) is 14.1. The van der Waals surface area contributed by atoms with Crippen molar-refractivity contribution in [3.63, 3.8) is 0 Å². The maximum atomic E-state index is 12.5. The van der Waals surface area contributed by atoms with Gasteiger partial charge in [0.15, 0.2) is 5.43 Å². The average molecular weight is 283 g/mol. The minimum Gasteiger partial charge on any atom is -0.326 e. The molecule has 3 rings (SSSR count). The Morgan fingerprint density at radius 1 is 1.10 bits per heavy atom. The molecule has 0 unspecified atom stereocenters. The normalized spacial score (nSPS) is 10.8. The zero-order valence-corrected chi connectivity index (χ0v) is 11.8. The van der Waals surface area contributed by atoms with Crippen LogP contribution in [0.2, 0.25) is 0 Å². The first-order valence-electron chi connectivity index (χ1n) is 6.44. The fraction of sp³-hybridized carbons (Fsp3) is 0.125. The molecular formula is C16H13NO2S. The van der Waals surface area contributed by atoms with Crippen LogP contribution in [0.5, 0.6) is 0 Å². The topological polar surface area (TPSA) is 46.2 Å². The van der Waals surface area contributed by atoms with Crippen LogP contribution in [-0.2, 0) is 4.79 Å². The van der Waals surface area contributed by atoms with Gasteiger partial charge in [-0.2, -0.15) is 0 Å². The molecule has 1 N–H and O–H groups in total. The third-order valence-electron chi connectivity index (χ3n) is 3.18. The minimum absolute atomic E-state index is 0.0157. The van der Waals surface area contributed by atoms with Crippen molar-refractivity contribution in [2.45, 2.75) is 13.3 Å². The lowest BCUT2D eigenvalue weighted by molar-refractivity contribution is -0.115. The van der Waals surface area contributed by atoms with Crippen molar-refractivity contribution in [2.75, 3.05) is 5.32 Å². The van der Waals surface area contributed by atoms with Gasteiger partial charge in [-0.1, -0.05) is 19.1 Å². The highest BCUT2D eigenvalue weighted by Gasteiger charge is 2.07. The summed E-state index contributed by atoms with van der Waals surface area (Å²) in [7, 11) is 0. The molecule has 0 saturated carbocycles. The minimum atomic E-state index is -0.0544. The molecule has 100 valence electrons. The van der Waals surface area contributed by atoms with Crippen molar-refractivity contribution in [1.82, 2.24) is 0 Å². The summed E-state index contributed by atoms with van der Waals surface area (Å²) >= 11 is 1.59. The molecule has 1 amide bonds. The van der Waals surface area contributed by atoms with Gasteiger partial charge < -0.3 is 5.32 Å². The lowest BCUT2D eigenvalue weighted by Gasteiger charge is -2.05. The fourth-order valence-corrected chi connectivity index (χ4v) is 3.18. The molecule has 1 heterocycles. The molecule has 0 saturated heterocycles. The summed E-state index contributed by atoms with van der Waals surface area (Å²) in [6.45, 7) is 1.80. The summed E-state index contributed by atoms with van der Waals surface area (Å²) in [6, 6.07) is 13.1.